The monoisotopic (exact) mass is 339 g/mol. The summed E-state index contributed by atoms with van der Waals surface area (Å²) in [5, 5.41) is 2.68. The smallest absolute Gasteiger partial charge is 0.335 e. The largest absolute Gasteiger partial charge is 0.465 e. The van der Waals surface area contributed by atoms with Crippen molar-refractivity contribution in [2.24, 2.45) is 0 Å². The molecule has 0 bridgehead atoms. The van der Waals surface area contributed by atoms with E-state index in [0.29, 0.717) is 33.7 Å². The Hall–Kier alpha value is -3.42. The van der Waals surface area contributed by atoms with Gasteiger partial charge in [0.05, 0.1) is 23.2 Å². The number of aromatic amines is 1. The molecule has 25 heavy (non-hydrogen) atoms. The Kier molecular flexibility index (Phi) is 3.38. The molecule has 0 spiro atoms. The van der Waals surface area contributed by atoms with E-state index in [9.17, 15) is 14.4 Å². The Morgan fingerprint density at radius 1 is 1.32 bits per heavy atom. The lowest BCUT2D eigenvalue weighted by molar-refractivity contribution is -0.147. The average molecular weight is 339 g/mol. The number of carbonyl (C=O) groups excluding carboxylic acids is 2. The molecule has 3 aromatic rings. The molecule has 1 aliphatic heterocycles. The minimum Gasteiger partial charge on any atom is -0.465 e. The fourth-order valence-electron chi connectivity index (χ4n) is 2.86. The lowest BCUT2D eigenvalue weighted by Gasteiger charge is -2.07. The van der Waals surface area contributed by atoms with Crippen LogP contribution in [0.4, 0.5) is 5.69 Å². The molecular weight excluding hydrogens is 326 g/mol. The van der Waals surface area contributed by atoms with Gasteiger partial charge in [-0.2, -0.15) is 0 Å². The molecule has 0 saturated heterocycles. The predicted molar refractivity (Wildman–Crippen MR) is 88.1 cm³/mol. The minimum absolute atomic E-state index is 0.202. The molecule has 1 unspecified atom stereocenters. The molecule has 1 aromatic carbocycles. The molecule has 0 saturated carbocycles. The molecule has 126 valence electrons. The van der Waals surface area contributed by atoms with Crippen LogP contribution in [0.25, 0.3) is 22.4 Å². The second-order valence-electron chi connectivity index (χ2n) is 5.56. The summed E-state index contributed by atoms with van der Waals surface area (Å²) >= 11 is 0. The van der Waals surface area contributed by atoms with Crippen molar-refractivity contribution in [1.29, 1.82) is 0 Å². The van der Waals surface area contributed by atoms with Gasteiger partial charge in [0.2, 0.25) is 5.91 Å². The lowest BCUT2D eigenvalue weighted by Crippen LogP contribution is -2.22. The van der Waals surface area contributed by atoms with Gasteiger partial charge in [-0.05, 0) is 25.1 Å². The number of imidazole rings is 1. The van der Waals surface area contributed by atoms with Crippen molar-refractivity contribution in [3.05, 3.63) is 46.5 Å². The first-order valence-corrected chi connectivity index (χ1v) is 7.67. The fraction of sp³-hybridized carbons (Fsp3) is 0.176. The number of nitrogens with one attached hydrogen (secondary N) is 2. The SMILES string of the molecule is CCOC(=O)C1C(=O)Nc2cc3nc(-c4ccc(=O)oc4)[nH]c3cc21. The van der Waals surface area contributed by atoms with Gasteiger partial charge in [-0.1, -0.05) is 0 Å². The molecule has 1 amide bonds. The van der Waals surface area contributed by atoms with Gasteiger partial charge in [0.25, 0.3) is 0 Å². The maximum Gasteiger partial charge on any atom is 0.335 e. The van der Waals surface area contributed by atoms with Crippen LogP contribution in [0.2, 0.25) is 0 Å². The van der Waals surface area contributed by atoms with Gasteiger partial charge in [-0.25, -0.2) is 9.78 Å². The first-order valence-electron chi connectivity index (χ1n) is 7.67. The number of fused-ring (bicyclic) bond motifs is 2. The van der Waals surface area contributed by atoms with E-state index >= 15 is 0 Å². The van der Waals surface area contributed by atoms with Crippen LogP contribution in [0, 0.1) is 0 Å². The van der Waals surface area contributed by atoms with Crippen LogP contribution in [0.3, 0.4) is 0 Å². The number of hydrogen-bond acceptors (Lipinski definition) is 6. The zero-order chi connectivity index (χ0) is 17.6. The van der Waals surface area contributed by atoms with E-state index in [1.54, 1.807) is 25.1 Å². The van der Waals surface area contributed by atoms with E-state index in [1.165, 1.54) is 12.3 Å². The highest BCUT2D eigenvalue weighted by Gasteiger charge is 2.38. The third kappa shape index (κ3) is 2.47. The van der Waals surface area contributed by atoms with Crippen molar-refractivity contribution in [2.75, 3.05) is 11.9 Å². The van der Waals surface area contributed by atoms with Crippen molar-refractivity contribution in [1.82, 2.24) is 9.97 Å². The van der Waals surface area contributed by atoms with Crippen molar-refractivity contribution >= 4 is 28.6 Å². The van der Waals surface area contributed by atoms with E-state index in [4.69, 9.17) is 9.15 Å². The van der Waals surface area contributed by atoms with Crippen LogP contribution in [-0.4, -0.2) is 28.5 Å². The van der Waals surface area contributed by atoms with Gasteiger partial charge in [-0.15, -0.1) is 0 Å². The zero-order valence-electron chi connectivity index (χ0n) is 13.2. The van der Waals surface area contributed by atoms with Crippen molar-refractivity contribution in [3.8, 4) is 11.4 Å². The number of benzene rings is 1. The number of aromatic nitrogens is 2. The van der Waals surface area contributed by atoms with Crippen LogP contribution < -0.4 is 10.9 Å². The van der Waals surface area contributed by atoms with Crippen LogP contribution in [0.15, 0.2) is 39.7 Å². The molecule has 0 aliphatic carbocycles. The number of nitrogens with zero attached hydrogens (tertiary/aromatic N) is 1. The number of rotatable bonds is 3. The topological polar surface area (TPSA) is 114 Å². The maximum atomic E-state index is 12.1. The van der Waals surface area contributed by atoms with Crippen LogP contribution in [-0.2, 0) is 14.3 Å². The summed E-state index contributed by atoms with van der Waals surface area (Å²) in [6, 6.07) is 6.31. The Morgan fingerprint density at radius 3 is 2.88 bits per heavy atom. The first kappa shape index (κ1) is 15.1. The van der Waals surface area contributed by atoms with Gasteiger partial charge in [0, 0.05) is 17.3 Å². The summed E-state index contributed by atoms with van der Waals surface area (Å²) in [6.07, 6.45) is 1.32. The molecule has 4 rings (SSSR count). The van der Waals surface area contributed by atoms with E-state index in [-0.39, 0.29) is 6.61 Å². The molecule has 8 heteroatoms. The van der Waals surface area contributed by atoms with Gasteiger partial charge in [0.15, 0.2) is 5.92 Å². The van der Waals surface area contributed by atoms with Crippen molar-refractivity contribution in [2.45, 2.75) is 12.8 Å². The van der Waals surface area contributed by atoms with Crippen LogP contribution in [0.1, 0.15) is 18.4 Å². The summed E-state index contributed by atoms with van der Waals surface area (Å²) in [6.45, 7) is 1.89. The molecule has 8 nitrogen and oxygen atoms in total. The highest BCUT2D eigenvalue weighted by atomic mass is 16.5. The van der Waals surface area contributed by atoms with Gasteiger partial charge < -0.3 is 19.5 Å². The third-order valence-electron chi connectivity index (χ3n) is 3.98. The Morgan fingerprint density at radius 2 is 2.16 bits per heavy atom. The normalized spacial score (nSPS) is 15.9. The number of ether oxygens (including phenoxy) is 1. The quantitative estimate of drug-likeness (QED) is 0.555. The Balaban J connectivity index is 1.79. The average Bonchev–Trinajstić information content (AvgIpc) is 3.12. The lowest BCUT2D eigenvalue weighted by atomic mass is 10.0. The standard InChI is InChI=1S/C17H13N3O5/c1-2-24-17(23)14-9-5-11-12(6-10(9)20-16(14)22)19-15(18-11)8-3-4-13(21)25-7-8/h3-7,14H,2H2,1H3,(H,18,19)(H,20,22). The van der Waals surface area contributed by atoms with E-state index < -0.39 is 23.4 Å². The summed E-state index contributed by atoms with van der Waals surface area (Å²) in [4.78, 5) is 42.7. The number of esters is 1. The summed E-state index contributed by atoms with van der Waals surface area (Å²) in [5.41, 5.74) is 2.52. The molecule has 3 heterocycles. The van der Waals surface area contributed by atoms with Gasteiger partial charge in [0.1, 0.15) is 12.1 Å². The molecule has 2 aromatic heterocycles. The first-order chi connectivity index (χ1) is 12.1. The van der Waals surface area contributed by atoms with Crippen molar-refractivity contribution < 1.29 is 18.7 Å². The van der Waals surface area contributed by atoms with Crippen molar-refractivity contribution in [3.63, 3.8) is 0 Å². The van der Waals surface area contributed by atoms with E-state index in [0.717, 1.165) is 0 Å². The Bertz CT molecular complexity index is 1050. The van der Waals surface area contributed by atoms with Gasteiger partial charge >= 0.3 is 11.6 Å². The van der Waals surface area contributed by atoms with E-state index in [1.807, 2.05) is 0 Å². The zero-order valence-corrected chi connectivity index (χ0v) is 13.2. The summed E-state index contributed by atoms with van der Waals surface area (Å²) in [5.74, 6) is -1.46. The summed E-state index contributed by atoms with van der Waals surface area (Å²) < 4.78 is 9.83. The van der Waals surface area contributed by atoms with Crippen LogP contribution in [0.5, 0.6) is 0 Å². The Labute approximate surface area is 140 Å². The number of anilines is 1. The third-order valence-corrected chi connectivity index (χ3v) is 3.98. The maximum absolute atomic E-state index is 12.1. The second kappa shape index (κ2) is 5.59. The number of H-pyrrole nitrogens is 1. The van der Waals surface area contributed by atoms with E-state index in [2.05, 4.69) is 15.3 Å². The van der Waals surface area contributed by atoms with Gasteiger partial charge in [-0.3, -0.25) is 9.59 Å². The van der Waals surface area contributed by atoms with Crippen LogP contribution >= 0.6 is 0 Å². The predicted octanol–water partition coefficient (Wildman–Crippen LogP) is 1.78. The minimum atomic E-state index is -0.985. The molecule has 1 aliphatic rings. The molecule has 0 fully saturated rings. The molecule has 0 radical (unpaired) electrons. The highest BCUT2D eigenvalue weighted by molar-refractivity contribution is 6.16. The molecule has 2 N–H and O–H groups in total. The molecular formula is C17H13N3O5. The fourth-order valence-corrected chi connectivity index (χ4v) is 2.86. The molecule has 1 atom stereocenters. The number of carbonyl (C=O) groups is 2. The summed E-state index contributed by atoms with van der Waals surface area (Å²) in [7, 11) is 0. The highest BCUT2D eigenvalue weighted by Crippen LogP contribution is 2.36. The second-order valence-corrected chi connectivity index (χ2v) is 5.56. The number of amides is 1. The number of hydrogen-bond donors (Lipinski definition) is 2.